The van der Waals surface area contributed by atoms with Gasteiger partial charge in [-0.3, -0.25) is 30.6 Å². The van der Waals surface area contributed by atoms with E-state index in [9.17, 15) is 19.7 Å². The maximum atomic E-state index is 12.2. The van der Waals surface area contributed by atoms with Gasteiger partial charge in [0.05, 0.1) is 16.6 Å². The lowest BCUT2D eigenvalue weighted by molar-refractivity contribution is -0.384. The lowest BCUT2D eigenvalue weighted by Crippen LogP contribution is -2.44. The van der Waals surface area contributed by atoms with E-state index in [1.807, 2.05) is 13.8 Å². The van der Waals surface area contributed by atoms with Crippen molar-refractivity contribution in [3.8, 4) is 11.5 Å². The van der Waals surface area contributed by atoms with E-state index in [1.54, 1.807) is 24.3 Å². The fourth-order valence-corrected chi connectivity index (χ4v) is 2.05. The van der Waals surface area contributed by atoms with E-state index in [1.165, 1.54) is 24.3 Å². The first-order valence-electron chi connectivity index (χ1n) is 8.09. The van der Waals surface area contributed by atoms with Crippen molar-refractivity contribution >= 4 is 17.5 Å². The van der Waals surface area contributed by atoms with Gasteiger partial charge in [0.15, 0.2) is 6.61 Å². The number of benzene rings is 2. The molecule has 0 bridgehead atoms. The Balaban J connectivity index is 1.85. The average molecular weight is 373 g/mol. The van der Waals surface area contributed by atoms with Crippen LogP contribution in [-0.4, -0.2) is 29.4 Å². The molecule has 0 heterocycles. The van der Waals surface area contributed by atoms with E-state index < -0.39 is 16.7 Å². The maximum Gasteiger partial charge on any atom is 0.276 e. The second-order valence-corrected chi connectivity index (χ2v) is 5.70. The van der Waals surface area contributed by atoms with Gasteiger partial charge < -0.3 is 9.47 Å². The van der Waals surface area contributed by atoms with Gasteiger partial charge >= 0.3 is 0 Å². The van der Waals surface area contributed by atoms with Crippen molar-refractivity contribution in [2.45, 2.75) is 20.0 Å². The quantitative estimate of drug-likeness (QED) is 0.567. The number of hydrogen-bond acceptors (Lipinski definition) is 6. The molecule has 27 heavy (non-hydrogen) atoms. The highest BCUT2D eigenvalue weighted by Gasteiger charge is 2.14. The van der Waals surface area contributed by atoms with Gasteiger partial charge in [-0.15, -0.1) is 0 Å². The smallest absolute Gasteiger partial charge is 0.276 e. The average Bonchev–Trinajstić information content (AvgIpc) is 2.64. The molecular weight excluding hydrogens is 354 g/mol. The number of hydrogen-bond donors (Lipinski definition) is 2. The number of carbonyl (C=O) groups is 2. The third-order valence-electron chi connectivity index (χ3n) is 3.23. The summed E-state index contributed by atoms with van der Waals surface area (Å²) in [7, 11) is 0. The summed E-state index contributed by atoms with van der Waals surface area (Å²) in [6.07, 6.45) is -0.108. The van der Waals surface area contributed by atoms with Crippen LogP contribution < -0.4 is 20.3 Å². The largest absolute Gasteiger partial charge is 0.490 e. The van der Waals surface area contributed by atoms with Crippen LogP contribution in [0.2, 0.25) is 0 Å². The van der Waals surface area contributed by atoms with Crippen LogP contribution in [0.1, 0.15) is 24.2 Å². The van der Waals surface area contributed by atoms with Gasteiger partial charge in [-0.05, 0) is 38.1 Å². The van der Waals surface area contributed by atoms with Gasteiger partial charge in [0.25, 0.3) is 17.5 Å². The molecular formula is C18H19N3O6. The Hall–Kier alpha value is -3.62. The van der Waals surface area contributed by atoms with E-state index in [0.29, 0.717) is 5.75 Å². The summed E-state index contributed by atoms with van der Waals surface area (Å²) in [5, 5.41) is 10.6. The van der Waals surface area contributed by atoms with Gasteiger partial charge in [-0.1, -0.05) is 12.1 Å². The van der Waals surface area contributed by atoms with Crippen LogP contribution >= 0.6 is 0 Å². The molecule has 0 aromatic heterocycles. The number of nitro benzene ring substituents is 1. The molecule has 0 unspecified atom stereocenters. The zero-order chi connectivity index (χ0) is 19.8. The number of carbonyl (C=O) groups excluding carboxylic acids is 2. The molecule has 0 fully saturated rings. The normalized spacial score (nSPS) is 10.2. The first-order valence-corrected chi connectivity index (χ1v) is 8.09. The minimum absolute atomic E-state index is 0.0821. The molecule has 0 saturated carbocycles. The number of para-hydroxylation sites is 1. The third-order valence-corrected chi connectivity index (χ3v) is 3.23. The molecule has 2 amide bonds. The zero-order valence-corrected chi connectivity index (χ0v) is 14.8. The maximum absolute atomic E-state index is 12.2. The number of non-ortho nitro benzene ring substituents is 1. The third kappa shape index (κ3) is 5.99. The van der Waals surface area contributed by atoms with Gasteiger partial charge in [-0.2, -0.15) is 0 Å². The number of amides is 2. The Morgan fingerprint density at radius 1 is 1.07 bits per heavy atom. The van der Waals surface area contributed by atoms with Crippen molar-refractivity contribution in [1.29, 1.82) is 0 Å². The Kier molecular flexibility index (Phi) is 6.70. The van der Waals surface area contributed by atoms with Crippen molar-refractivity contribution < 1.29 is 24.0 Å². The number of hydrazine groups is 1. The molecule has 2 rings (SSSR count). The highest BCUT2D eigenvalue weighted by Crippen LogP contribution is 2.19. The van der Waals surface area contributed by atoms with E-state index in [-0.39, 0.29) is 29.7 Å². The molecule has 9 heteroatoms. The first kappa shape index (κ1) is 19.7. The van der Waals surface area contributed by atoms with Crippen LogP contribution in [-0.2, 0) is 4.79 Å². The summed E-state index contributed by atoms with van der Waals surface area (Å²) < 4.78 is 10.8. The molecule has 2 aromatic carbocycles. The number of ether oxygens (including phenoxy) is 2. The van der Waals surface area contributed by atoms with Crippen molar-refractivity contribution in [1.82, 2.24) is 10.9 Å². The monoisotopic (exact) mass is 373 g/mol. The zero-order valence-electron chi connectivity index (χ0n) is 14.8. The number of nitrogens with one attached hydrogen (secondary N) is 2. The summed E-state index contributed by atoms with van der Waals surface area (Å²) >= 11 is 0. The van der Waals surface area contributed by atoms with Crippen LogP contribution in [0, 0.1) is 10.1 Å². The highest BCUT2D eigenvalue weighted by molar-refractivity contribution is 5.97. The summed E-state index contributed by atoms with van der Waals surface area (Å²) in [5.74, 6) is -0.432. The van der Waals surface area contributed by atoms with Crippen LogP contribution in [0.4, 0.5) is 5.69 Å². The molecule has 2 N–H and O–H groups in total. The SMILES string of the molecule is CC(C)Oc1ccccc1C(=O)NNC(=O)COc1ccc([N+](=O)[O-])cc1. The molecule has 0 aliphatic heterocycles. The van der Waals surface area contributed by atoms with E-state index in [0.717, 1.165) is 0 Å². The lowest BCUT2D eigenvalue weighted by atomic mass is 10.2. The van der Waals surface area contributed by atoms with Crippen LogP contribution in [0.15, 0.2) is 48.5 Å². The predicted molar refractivity (Wildman–Crippen MR) is 96.4 cm³/mol. The Morgan fingerprint density at radius 2 is 1.74 bits per heavy atom. The molecule has 0 aliphatic carbocycles. The second-order valence-electron chi connectivity index (χ2n) is 5.70. The molecule has 0 saturated heterocycles. The lowest BCUT2D eigenvalue weighted by Gasteiger charge is -2.14. The standard InChI is InChI=1S/C18H19N3O6/c1-12(2)27-16-6-4-3-5-15(16)18(23)20-19-17(22)11-26-14-9-7-13(8-10-14)21(24)25/h3-10,12H,11H2,1-2H3,(H,19,22)(H,20,23). The van der Waals surface area contributed by atoms with E-state index in [4.69, 9.17) is 9.47 Å². The molecule has 9 nitrogen and oxygen atoms in total. The molecule has 2 aromatic rings. The Labute approximate surface area is 155 Å². The molecule has 0 atom stereocenters. The van der Waals surface area contributed by atoms with Crippen LogP contribution in [0.25, 0.3) is 0 Å². The van der Waals surface area contributed by atoms with Crippen LogP contribution in [0.5, 0.6) is 11.5 Å². The highest BCUT2D eigenvalue weighted by atomic mass is 16.6. The van der Waals surface area contributed by atoms with E-state index >= 15 is 0 Å². The minimum atomic E-state index is -0.594. The summed E-state index contributed by atoms with van der Waals surface area (Å²) in [6.45, 7) is 3.31. The molecule has 0 radical (unpaired) electrons. The molecule has 0 spiro atoms. The Bertz CT molecular complexity index is 820. The summed E-state index contributed by atoms with van der Waals surface area (Å²) in [4.78, 5) is 34.1. The minimum Gasteiger partial charge on any atom is -0.490 e. The number of rotatable bonds is 7. The van der Waals surface area contributed by atoms with Crippen molar-refractivity contribution in [3.63, 3.8) is 0 Å². The fraction of sp³-hybridized carbons (Fsp3) is 0.222. The summed E-state index contributed by atoms with van der Waals surface area (Å²) in [5.41, 5.74) is 4.72. The predicted octanol–water partition coefficient (Wildman–Crippen LogP) is 2.22. The fourth-order valence-electron chi connectivity index (χ4n) is 2.05. The van der Waals surface area contributed by atoms with Gasteiger partial charge in [0.2, 0.25) is 0 Å². The van der Waals surface area contributed by atoms with Gasteiger partial charge in [0.1, 0.15) is 11.5 Å². The summed E-state index contributed by atoms with van der Waals surface area (Å²) in [6, 6.07) is 11.9. The van der Waals surface area contributed by atoms with E-state index in [2.05, 4.69) is 10.9 Å². The number of nitro groups is 1. The first-order chi connectivity index (χ1) is 12.9. The number of nitrogens with zero attached hydrogens (tertiary/aromatic N) is 1. The van der Waals surface area contributed by atoms with Crippen molar-refractivity contribution in [3.05, 3.63) is 64.2 Å². The van der Waals surface area contributed by atoms with Crippen molar-refractivity contribution in [2.75, 3.05) is 6.61 Å². The Morgan fingerprint density at radius 3 is 2.37 bits per heavy atom. The van der Waals surface area contributed by atoms with Crippen molar-refractivity contribution in [2.24, 2.45) is 0 Å². The molecule has 0 aliphatic rings. The molecule has 142 valence electrons. The topological polar surface area (TPSA) is 120 Å². The van der Waals surface area contributed by atoms with Gasteiger partial charge in [-0.25, -0.2) is 0 Å². The second kappa shape index (κ2) is 9.18. The van der Waals surface area contributed by atoms with Gasteiger partial charge in [0, 0.05) is 12.1 Å². The van der Waals surface area contributed by atoms with Crippen LogP contribution in [0.3, 0.4) is 0 Å².